The van der Waals surface area contributed by atoms with Crippen LogP contribution in [0.2, 0.25) is 0 Å². The minimum Gasteiger partial charge on any atom is -0.393 e. The van der Waals surface area contributed by atoms with Gasteiger partial charge in [-0.3, -0.25) is 0 Å². The first-order chi connectivity index (χ1) is 8.34. The largest absolute Gasteiger partial charge is 0.393 e. The third-order valence-corrected chi connectivity index (χ3v) is 3.79. The second-order valence-corrected chi connectivity index (χ2v) is 5.35. The van der Waals surface area contributed by atoms with Crippen LogP contribution in [0.4, 0.5) is 0 Å². The molecule has 0 bridgehead atoms. The molecule has 2 rings (SSSR count). The lowest BCUT2D eigenvalue weighted by Gasteiger charge is -2.09. The molecular weight excluding hydrogens is 228 g/mol. The average molecular weight is 246 g/mol. The number of aryl methyl sites for hydroxylation is 1. The molecule has 0 spiro atoms. The third kappa shape index (κ3) is 4.33. The molecule has 1 unspecified atom stereocenters. The molecule has 1 heterocycles. The molecule has 0 saturated carbocycles. The minimum absolute atomic E-state index is 0.211. The molecule has 0 amide bonds. The van der Waals surface area contributed by atoms with Crippen LogP contribution in [-0.4, -0.2) is 11.2 Å². The fourth-order valence-corrected chi connectivity index (χ4v) is 2.71. The molecule has 17 heavy (non-hydrogen) atoms. The Balaban J connectivity index is 1.69. The van der Waals surface area contributed by atoms with Crippen molar-refractivity contribution in [2.45, 2.75) is 31.8 Å². The van der Waals surface area contributed by atoms with Crippen molar-refractivity contribution in [3.63, 3.8) is 0 Å². The zero-order valence-electron chi connectivity index (χ0n) is 9.88. The number of hydrogen-bond acceptors (Lipinski definition) is 2. The summed E-state index contributed by atoms with van der Waals surface area (Å²) in [6, 6.07) is 14.4. The summed E-state index contributed by atoms with van der Waals surface area (Å²) in [5, 5.41) is 12.0. The summed E-state index contributed by atoms with van der Waals surface area (Å²) in [5.74, 6) is 0. The van der Waals surface area contributed by atoms with E-state index in [9.17, 15) is 5.11 Å². The molecule has 0 fully saturated rings. The highest BCUT2D eigenvalue weighted by atomic mass is 32.1. The Kier molecular flexibility index (Phi) is 4.77. The molecular formula is C15H18OS. The molecule has 2 heteroatoms. The summed E-state index contributed by atoms with van der Waals surface area (Å²) in [5.41, 5.74) is 1.22. The van der Waals surface area contributed by atoms with Crippen LogP contribution in [-0.2, 0) is 12.8 Å². The highest BCUT2D eigenvalue weighted by Gasteiger charge is 2.05. The molecule has 0 saturated heterocycles. The molecule has 0 aliphatic rings. The predicted octanol–water partition coefficient (Wildman–Crippen LogP) is 3.67. The van der Waals surface area contributed by atoms with Crippen LogP contribution in [0.25, 0.3) is 0 Å². The highest BCUT2D eigenvalue weighted by molar-refractivity contribution is 7.09. The molecule has 0 radical (unpaired) electrons. The van der Waals surface area contributed by atoms with Gasteiger partial charge in [0.2, 0.25) is 0 Å². The van der Waals surface area contributed by atoms with Gasteiger partial charge in [-0.2, -0.15) is 0 Å². The van der Waals surface area contributed by atoms with Gasteiger partial charge in [0, 0.05) is 4.88 Å². The number of hydrogen-bond donors (Lipinski definition) is 1. The fraction of sp³-hybridized carbons (Fsp3) is 0.333. The van der Waals surface area contributed by atoms with E-state index in [0.29, 0.717) is 0 Å². The summed E-state index contributed by atoms with van der Waals surface area (Å²) in [6.45, 7) is 0. The van der Waals surface area contributed by atoms with Crippen molar-refractivity contribution in [2.24, 2.45) is 0 Å². The summed E-state index contributed by atoms with van der Waals surface area (Å²) >= 11 is 1.80. The van der Waals surface area contributed by atoms with E-state index in [1.807, 2.05) is 18.2 Å². The molecule has 90 valence electrons. The Morgan fingerprint density at radius 2 is 1.88 bits per heavy atom. The lowest BCUT2D eigenvalue weighted by Crippen LogP contribution is -2.10. The zero-order valence-corrected chi connectivity index (χ0v) is 10.7. The molecule has 0 aliphatic heterocycles. The van der Waals surface area contributed by atoms with E-state index in [1.165, 1.54) is 10.4 Å². The second-order valence-electron chi connectivity index (χ2n) is 4.32. The van der Waals surface area contributed by atoms with Gasteiger partial charge in [0.15, 0.2) is 0 Å². The number of benzene rings is 1. The second kappa shape index (κ2) is 6.58. The topological polar surface area (TPSA) is 20.2 Å². The fourth-order valence-electron chi connectivity index (χ4n) is 1.95. The van der Waals surface area contributed by atoms with Gasteiger partial charge in [-0.1, -0.05) is 36.4 Å². The van der Waals surface area contributed by atoms with Crippen molar-refractivity contribution < 1.29 is 5.11 Å². The Labute approximate surface area is 107 Å². The monoisotopic (exact) mass is 246 g/mol. The van der Waals surface area contributed by atoms with E-state index in [-0.39, 0.29) is 6.10 Å². The van der Waals surface area contributed by atoms with E-state index in [4.69, 9.17) is 0 Å². The van der Waals surface area contributed by atoms with Crippen LogP contribution in [0.5, 0.6) is 0 Å². The number of rotatable bonds is 6. The number of thiophene rings is 1. The quantitative estimate of drug-likeness (QED) is 0.824. The average Bonchev–Trinajstić information content (AvgIpc) is 2.83. The molecule has 1 nitrogen and oxygen atoms in total. The third-order valence-electron chi connectivity index (χ3n) is 2.85. The van der Waals surface area contributed by atoms with Gasteiger partial charge in [-0.15, -0.1) is 11.3 Å². The lowest BCUT2D eigenvalue weighted by molar-refractivity contribution is 0.162. The van der Waals surface area contributed by atoms with Gasteiger partial charge in [0.1, 0.15) is 0 Å². The first-order valence-corrected chi connectivity index (χ1v) is 6.97. The molecule has 2 aromatic rings. The van der Waals surface area contributed by atoms with Gasteiger partial charge in [0.05, 0.1) is 6.10 Å². The zero-order chi connectivity index (χ0) is 11.9. The van der Waals surface area contributed by atoms with Crippen LogP contribution < -0.4 is 0 Å². The van der Waals surface area contributed by atoms with Crippen molar-refractivity contribution >= 4 is 11.3 Å². The van der Waals surface area contributed by atoms with Gasteiger partial charge in [0.25, 0.3) is 0 Å². The van der Waals surface area contributed by atoms with Crippen molar-refractivity contribution in [1.82, 2.24) is 0 Å². The van der Waals surface area contributed by atoms with Crippen molar-refractivity contribution in [3.8, 4) is 0 Å². The molecule has 1 N–H and O–H groups in total. The maximum Gasteiger partial charge on any atom is 0.0580 e. The van der Waals surface area contributed by atoms with Gasteiger partial charge in [-0.05, 0) is 42.7 Å². The van der Waals surface area contributed by atoms with Crippen molar-refractivity contribution in [2.75, 3.05) is 0 Å². The Bertz CT molecular complexity index is 408. The lowest BCUT2D eigenvalue weighted by atomic mass is 10.0. The first kappa shape index (κ1) is 12.3. The van der Waals surface area contributed by atoms with Gasteiger partial charge in [-0.25, -0.2) is 0 Å². The molecule has 1 atom stereocenters. The number of aliphatic hydroxyl groups excluding tert-OH is 1. The molecule has 1 aromatic carbocycles. The SMILES string of the molecule is OC(CCCc1cccs1)Cc1ccccc1. The number of aliphatic hydroxyl groups is 1. The molecule has 1 aromatic heterocycles. The standard InChI is InChI=1S/C15H18OS/c16-14(12-13-6-2-1-3-7-13)8-4-9-15-10-5-11-17-15/h1-3,5-7,10-11,14,16H,4,8-9,12H2. The maximum atomic E-state index is 9.93. The first-order valence-electron chi connectivity index (χ1n) is 6.09. The van der Waals surface area contributed by atoms with E-state index >= 15 is 0 Å². The van der Waals surface area contributed by atoms with Gasteiger partial charge >= 0.3 is 0 Å². The van der Waals surface area contributed by atoms with Crippen LogP contribution in [0.3, 0.4) is 0 Å². The van der Waals surface area contributed by atoms with Gasteiger partial charge < -0.3 is 5.11 Å². The highest BCUT2D eigenvalue weighted by Crippen LogP contribution is 2.14. The predicted molar refractivity (Wildman–Crippen MR) is 73.4 cm³/mol. The Morgan fingerprint density at radius 1 is 1.06 bits per heavy atom. The van der Waals surface area contributed by atoms with E-state index in [2.05, 4.69) is 29.6 Å². The minimum atomic E-state index is -0.211. The summed E-state index contributed by atoms with van der Waals surface area (Å²) < 4.78 is 0. The Hall–Kier alpha value is -1.12. The Morgan fingerprint density at radius 3 is 2.59 bits per heavy atom. The van der Waals surface area contributed by atoms with E-state index < -0.39 is 0 Å². The molecule has 0 aliphatic carbocycles. The van der Waals surface area contributed by atoms with Crippen LogP contribution >= 0.6 is 11.3 Å². The smallest absolute Gasteiger partial charge is 0.0580 e. The van der Waals surface area contributed by atoms with E-state index in [1.54, 1.807) is 11.3 Å². The summed E-state index contributed by atoms with van der Waals surface area (Å²) in [7, 11) is 0. The summed E-state index contributed by atoms with van der Waals surface area (Å²) in [4.78, 5) is 1.41. The van der Waals surface area contributed by atoms with Crippen molar-refractivity contribution in [1.29, 1.82) is 0 Å². The van der Waals surface area contributed by atoms with Crippen molar-refractivity contribution in [3.05, 3.63) is 58.3 Å². The summed E-state index contributed by atoms with van der Waals surface area (Å²) in [6.07, 6.45) is 3.59. The normalized spacial score (nSPS) is 12.5. The van der Waals surface area contributed by atoms with E-state index in [0.717, 1.165) is 25.7 Å². The maximum absolute atomic E-state index is 9.93. The van der Waals surface area contributed by atoms with Crippen LogP contribution in [0, 0.1) is 0 Å². The van der Waals surface area contributed by atoms with Crippen LogP contribution in [0.1, 0.15) is 23.3 Å². The van der Waals surface area contributed by atoms with Crippen LogP contribution in [0.15, 0.2) is 47.8 Å².